The van der Waals surface area contributed by atoms with Crippen molar-refractivity contribution in [1.29, 1.82) is 0 Å². The zero-order chi connectivity index (χ0) is 12.7. The lowest BCUT2D eigenvalue weighted by atomic mass is 10.1. The van der Waals surface area contributed by atoms with E-state index in [0.717, 1.165) is 0 Å². The first-order chi connectivity index (χ1) is 7.87. The number of benzene rings is 1. The van der Waals surface area contributed by atoms with Crippen molar-refractivity contribution in [2.75, 3.05) is 0 Å². The molecule has 1 fully saturated rings. The highest BCUT2D eigenvalue weighted by Gasteiger charge is 2.67. The van der Waals surface area contributed by atoms with E-state index in [0.29, 0.717) is 12.0 Å². The number of hydrogen-bond donors (Lipinski definition) is 1. The van der Waals surface area contributed by atoms with Crippen molar-refractivity contribution in [1.82, 2.24) is 5.32 Å². The average molecular weight is 276 g/mol. The van der Waals surface area contributed by atoms with Crippen LogP contribution in [0.5, 0.6) is 0 Å². The zero-order valence-corrected chi connectivity index (χ0v) is 10.8. The molecule has 1 N–H and O–H groups in total. The average Bonchev–Trinajstić information content (AvgIpc) is 2.78. The molecule has 0 radical (unpaired) electrons. The van der Waals surface area contributed by atoms with Gasteiger partial charge in [0.25, 0.3) is 0 Å². The SMILES string of the molecule is CC1(C(=O)NCc2ccccc2F)CC1(Cl)Cl. The van der Waals surface area contributed by atoms with Crippen LogP contribution in [0, 0.1) is 11.2 Å². The summed E-state index contributed by atoms with van der Waals surface area (Å²) in [5.41, 5.74) is -0.318. The molecule has 1 saturated carbocycles. The summed E-state index contributed by atoms with van der Waals surface area (Å²) in [4.78, 5) is 11.8. The standard InChI is InChI=1S/C12H12Cl2FNO/c1-11(7-12(11,13)14)10(17)16-6-8-4-2-3-5-9(8)15/h2-5H,6-7H2,1H3,(H,16,17). The molecule has 1 aliphatic rings. The summed E-state index contributed by atoms with van der Waals surface area (Å²) in [5.74, 6) is -0.581. The van der Waals surface area contributed by atoms with Crippen LogP contribution in [0.15, 0.2) is 24.3 Å². The van der Waals surface area contributed by atoms with E-state index in [1.165, 1.54) is 6.07 Å². The molecule has 2 rings (SSSR count). The van der Waals surface area contributed by atoms with Gasteiger partial charge >= 0.3 is 0 Å². The maximum Gasteiger partial charge on any atom is 0.229 e. The Balaban J connectivity index is 1.97. The highest BCUT2D eigenvalue weighted by atomic mass is 35.5. The molecular weight excluding hydrogens is 264 g/mol. The Kier molecular flexibility index (Phi) is 3.08. The van der Waals surface area contributed by atoms with E-state index in [2.05, 4.69) is 5.32 Å². The quantitative estimate of drug-likeness (QED) is 0.845. The predicted octanol–water partition coefficient (Wildman–Crippen LogP) is 3.03. The van der Waals surface area contributed by atoms with E-state index < -0.39 is 9.75 Å². The topological polar surface area (TPSA) is 29.1 Å². The molecule has 0 aromatic heterocycles. The van der Waals surface area contributed by atoms with Crippen LogP contribution in [0.2, 0.25) is 0 Å². The number of hydrogen-bond acceptors (Lipinski definition) is 1. The molecule has 1 amide bonds. The monoisotopic (exact) mass is 275 g/mol. The molecule has 0 aliphatic heterocycles. The van der Waals surface area contributed by atoms with Crippen LogP contribution in [0.3, 0.4) is 0 Å². The summed E-state index contributed by atoms with van der Waals surface area (Å²) in [5, 5.41) is 2.65. The van der Waals surface area contributed by atoms with Crippen LogP contribution in [0.4, 0.5) is 4.39 Å². The zero-order valence-electron chi connectivity index (χ0n) is 9.27. The van der Waals surface area contributed by atoms with Crippen molar-refractivity contribution in [2.45, 2.75) is 24.2 Å². The minimum atomic E-state index is -0.994. The number of alkyl halides is 2. The van der Waals surface area contributed by atoms with Gasteiger partial charge in [-0.2, -0.15) is 0 Å². The molecule has 1 aromatic carbocycles. The van der Waals surface area contributed by atoms with Gasteiger partial charge in [-0.15, -0.1) is 23.2 Å². The summed E-state index contributed by atoms with van der Waals surface area (Å²) < 4.78 is 12.3. The molecule has 1 aromatic rings. The summed E-state index contributed by atoms with van der Waals surface area (Å²) in [6.45, 7) is 1.84. The predicted molar refractivity (Wildman–Crippen MR) is 65.4 cm³/mol. The molecule has 0 bridgehead atoms. The fraction of sp³-hybridized carbons (Fsp3) is 0.417. The third kappa shape index (κ3) is 2.26. The van der Waals surface area contributed by atoms with Crippen molar-refractivity contribution >= 4 is 29.1 Å². The van der Waals surface area contributed by atoms with E-state index in [9.17, 15) is 9.18 Å². The smallest absolute Gasteiger partial charge is 0.229 e. The molecule has 5 heteroatoms. The van der Waals surface area contributed by atoms with Crippen molar-refractivity contribution in [3.63, 3.8) is 0 Å². The van der Waals surface area contributed by atoms with Crippen LogP contribution in [0.1, 0.15) is 18.9 Å². The van der Waals surface area contributed by atoms with Crippen LogP contribution in [0.25, 0.3) is 0 Å². The Morgan fingerprint density at radius 1 is 1.47 bits per heavy atom. The minimum absolute atomic E-state index is 0.144. The Morgan fingerprint density at radius 2 is 2.06 bits per heavy atom. The molecule has 1 unspecified atom stereocenters. The number of nitrogens with one attached hydrogen (secondary N) is 1. The van der Waals surface area contributed by atoms with Crippen LogP contribution < -0.4 is 5.32 Å². The lowest BCUT2D eigenvalue weighted by Gasteiger charge is -2.12. The second-order valence-electron chi connectivity index (χ2n) is 4.49. The van der Waals surface area contributed by atoms with Gasteiger partial charge in [-0.3, -0.25) is 4.79 Å². The molecular formula is C12H12Cl2FNO. The molecule has 1 atom stereocenters. The Labute approximate surface area is 109 Å². The van der Waals surface area contributed by atoms with Crippen molar-refractivity contribution < 1.29 is 9.18 Å². The lowest BCUT2D eigenvalue weighted by Crippen LogP contribution is -2.33. The summed E-state index contributed by atoms with van der Waals surface area (Å²) in [7, 11) is 0. The van der Waals surface area contributed by atoms with Gasteiger partial charge in [0.15, 0.2) is 0 Å². The first-order valence-corrected chi connectivity index (χ1v) is 6.02. The van der Waals surface area contributed by atoms with Gasteiger partial charge in [0.1, 0.15) is 10.2 Å². The third-order valence-corrected chi connectivity index (χ3v) is 4.26. The number of amides is 1. The van der Waals surface area contributed by atoms with Gasteiger partial charge in [-0.1, -0.05) is 18.2 Å². The summed E-state index contributed by atoms with van der Waals surface area (Å²) >= 11 is 11.8. The molecule has 0 heterocycles. The summed E-state index contributed by atoms with van der Waals surface area (Å²) in [6.07, 6.45) is 0.423. The third-order valence-electron chi connectivity index (χ3n) is 3.16. The van der Waals surface area contributed by atoms with Gasteiger partial charge in [0, 0.05) is 12.1 Å². The van der Waals surface area contributed by atoms with Gasteiger partial charge < -0.3 is 5.32 Å². The number of carbonyl (C=O) groups is 1. The van der Waals surface area contributed by atoms with E-state index in [1.54, 1.807) is 25.1 Å². The van der Waals surface area contributed by atoms with Gasteiger partial charge in [0.05, 0.1) is 5.41 Å². The Hall–Kier alpha value is -0.800. The Morgan fingerprint density at radius 3 is 2.59 bits per heavy atom. The van der Waals surface area contributed by atoms with Crippen molar-refractivity contribution in [3.05, 3.63) is 35.6 Å². The first kappa shape index (κ1) is 12.7. The van der Waals surface area contributed by atoms with Crippen molar-refractivity contribution in [2.24, 2.45) is 5.41 Å². The molecule has 0 saturated heterocycles. The molecule has 0 spiro atoms. The van der Waals surface area contributed by atoms with Gasteiger partial charge in [-0.05, 0) is 19.4 Å². The largest absolute Gasteiger partial charge is 0.351 e. The van der Waals surface area contributed by atoms with Gasteiger partial charge in [0.2, 0.25) is 5.91 Å². The van der Waals surface area contributed by atoms with Gasteiger partial charge in [-0.25, -0.2) is 4.39 Å². The molecule has 92 valence electrons. The van der Waals surface area contributed by atoms with Crippen molar-refractivity contribution in [3.8, 4) is 0 Å². The highest BCUT2D eigenvalue weighted by Crippen LogP contribution is 2.63. The summed E-state index contributed by atoms with van der Waals surface area (Å²) in [6, 6.07) is 6.30. The number of rotatable bonds is 3. The van der Waals surface area contributed by atoms with E-state index in [-0.39, 0.29) is 18.3 Å². The van der Waals surface area contributed by atoms with E-state index >= 15 is 0 Å². The minimum Gasteiger partial charge on any atom is -0.351 e. The molecule has 2 nitrogen and oxygen atoms in total. The van der Waals surface area contributed by atoms with Crippen LogP contribution >= 0.6 is 23.2 Å². The number of carbonyl (C=O) groups excluding carboxylic acids is 1. The maximum absolute atomic E-state index is 13.3. The van der Waals surface area contributed by atoms with E-state index in [1.807, 2.05) is 0 Å². The van der Waals surface area contributed by atoms with E-state index in [4.69, 9.17) is 23.2 Å². The second kappa shape index (κ2) is 4.14. The second-order valence-corrected chi connectivity index (χ2v) is 5.97. The maximum atomic E-state index is 13.3. The number of halogens is 3. The lowest BCUT2D eigenvalue weighted by molar-refractivity contribution is -0.125. The fourth-order valence-corrected chi connectivity index (χ4v) is 2.36. The molecule has 1 aliphatic carbocycles. The fourth-order valence-electron chi connectivity index (χ4n) is 1.66. The molecule has 17 heavy (non-hydrogen) atoms. The Bertz CT molecular complexity index is 464. The van der Waals surface area contributed by atoms with Crippen LogP contribution in [-0.2, 0) is 11.3 Å². The highest BCUT2D eigenvalue weighted by molar-refractivity contribution is 6.53. The van der Waals surface area contributed by atoms with Crippen LogP contribution in [-0.4, -0.2) is 10.2 Å². The first-order valence-electron chi connectivity index (χ1n) is 5.26. The normalized spacial score (nSPS) is 25.4.